The van der Waals surface area contributed by atoms with Gasteiger partial charge in [0.25, 0.3) is 0 Å². The van der Waals surface area contributed by atoms with E-state index in [1.807, 2.05) is 13.8 Å². The Hall–Kier alpha value is -0.570. The Morgan fingerprint density at radius 3 is 2.62 bits per heavy atom. The molecule has 0 aliphatic carbocycles. The Balaban J connectivity index is 2.21. The van der Waals surface area contributed by atoms with E-state index in [1.54, 1.807) is 0 Å². The third-order valence-electron chi connectivity index (χ3n) is 2.11. The number of esters is 1. The van der Waals surface area contributed by atoms with Crippen molar-refractivity contribution in [1.29, 1.82) is 0 Å². The van der Waals surface area contributed by atoms with E-state index in [2.05, 4.69) is 0 Å². The summed E-state index contributed by atoms with van der Waals surface area (Å²) in [5.41, 5.74) is 0. The SMILES string of the molecule is CC(C)COC(=O)C1CCOCC1. The highest BCUT2D eigenvalue weighted by molar-refractivity contribution is 5.72. The van der Waals surface area contributed by atoms with Gasteiger partial charge in [-0.05, 0) is 18.8 Å². The van der Waals surface area contributed by atoms with Crippen LogP contribution in [0.25, 0.3) is 0 Å². The maximum atomic E-state index is 11.4. The average Bonchev–Trinajstić information content (AvgIpc) is 2.15. The summed E-state index contributed by atoms with van der Waals surface area (Å²) in [4.78, 5) is 11.4. The first-order valence-corrected chi connectivity index (χ1v) is 4.94. The molecule has 1 heterocycles. The fraction of sp³-hybridized carbons (Fsp3) is 0.900. The number of carbonyl (C=O) groups excluding carboxylic acids is 1. The maximum Gasteiger partial charge on any atom is 0.309 e. The minimum atomic E-state index is -0.0444. The lowest BCUT2D eigenvalue weighted by Crippen LogP contribution is -2.26. The molecule has 0 amide bonds. The summed E-state index contributed by atoms with van der Waals surface area (Å²) >= 11 is 0. The van der Waals surface area contributed by atoms with Gasteiger partial charge in [-0.1, -0.05) is 13.8 Å². The second-order valence-corrected chi connectivity index (χ2v) is 3.91. The first-order valence-electron chi connectivity index (χ1n) is 4.94. The Morgan fingerprint density at radius 1 is 1.46 bits per heavy atom. The van der Waals surface area contributed by atoms with E-state index in [4.69, 9.17) is 9.47 Å². The zero-order valence-corrected chi connectivity index (χ0v) is 8.41. The lowest BCUT2D eigenvalue weighted by molar-refractivity contribution is -0.152. The summed E-state index contributed by atoms with van der Waals surface area (Å²) in [5, 5.41) is 0. The van der Waals surface area contributed by atoms with E-state index in [-0.39, 0.29) is 11.9 Å². The molecular weight excluding hydrogens is 168 g/mol. The summed E-state index contributed by atoms with van der Waals surface area (Å²) in [7, 11) is 0. The zero-order chi connectivity index (χ0) is 9.68. The van der Waals surface area contributed by atoms with E-state index < -0.39 is 0 Å². The molecule has 1 fully saturated rings. The Morgan fingerprint density at radius 2 is 2.08 bits per heavy atom. The Kier molecular flexibility index (Phi) is 4.22. The number of hydrogen-bond donors (Lipinski definition) is 0. The van der Waals surface area contributed by atoms with Crippen molar-refractivity contribution in [2.45, 2.75) is 26.7 Å². The molecule has 0 bridgehead atoms. The van der Waals surface area contributed by atoms with Gasteiger partial charge in [-0.3, -0.25) is 4.79 Å². The van der Waals surface area contributed by atoms with Crippen LogP contribution in [0.3, 0.4) is 0 Å². The molecule has 76 valence electrons. The van der Waals surface area contributed by atoms with Crippen LogP contribution in [0, 0.1) is 11.8 Å². The second-order valence-electron chi connectivity index (χ2n) is 3.91. The topological polar surface area (TPSA) is 35.5 Å². The van der Waals surface area contributed by atoms with Crippen molar-refractivity contribution in [3.63, 3.8) is 0 Å². The highest BCUT2D eigenvalue weighted by atomic mass is 16.5. The Labute approximate surface area is 79.4 Å². The van der Waals surface area contributed by atoms with Gasteiger partial charge in [-0.25, -0.2) is 0 Å². The smallest absolute Gasteiger partial charge is 0.309 e. The molecule has 0 aromatic heterocycles. The van der Waals surface area contributed by atoms with Gasteiger partial charge in [0.15, 0.2) is 0 Å². The van der Waals surface area contributed by atoms with Crippen molar-refractivity contribution < 1.29 is 14.3 Å². The van der Waals surface area contributed by atoms with Crippen LogP contribution < -0.4 is 0 Å². The van der Waals surface area contributed by atoms with Crippen molar-refractivity contribution in [1.82, 2.24) is 0 Å². The number of rotatable bonds is 3. The quantitative estimate of drug-likeness (QED) is 0.628. The monoisotopic (exact) mass is 186 g/mol. The minimum Gasteiger partial charge on any atom is -0.465 e. The van der Waals surface area contributed by atoms with Crippen LogP contribution in [0.5, 0.6) is 0 Å². The molecule has 3 heteroatoms. The van der Waals surface area contributed by atoms with Crippen LogP contribution in [0.1, 0.15) is 26.7 Å². The first kappa shape index (κ1) is 10.5. The molecule has 0 N–H and O–H groups in total. The third kappa shape index (κ3) is 3.77. The van der Waals surface area contributed by atoms with Crippen LogP contribution in [0.15, 0.2) is 0 Å². The van der Waals surface area contributed by atoms with Gasteiger partial charge >= 0.3 is 5.97 Å². The number of ether oxygens (including phenoxy) is 2. The van der Waals surface area contributed by atoms with E-state index in [1.165, 1.54) is 0 Å². The average molecular weight is 186 g/mol. The fourth-order valence-corrected chi connectivity index (χ4v) is 1.30. The molecule has 3 nitrogen and oxygen atoms in total. The molecular formula is C10H18O3. The van der Waals surface area contributed by atoms with Crippen molar-refractivity contribution >= 4 is 5.97 Å². The standard InChI is InChI=1S/C10H18O3/c1-8(2)7-13-10(11)9-3-5-12-6-4-9/h8-9H,3-7H2,1-2H3. The van der Waals surface area contributed by atoms with Crippen LogP contribution >= 0.6 is 0 Å². The molecule has 0 atom stereocenters. The molecule has 0 radical (unpaired) electrons. The van der Waals surface area contributed by atoms with Crippen molar-refractivity contribution in [2.75, 3.05) is 19.8 Å². The van der Waals surface area contributed by atoms with E-state index in [0.29, 0.717) is 25.7 Å². The van der Waals surface area contributed by atoms with Gasteiger partial charge in [0.2, 0.25) is 0 Å². The van der Waals surface area contributed by atoms with Crippen LogP contribution in [-0.2, 0) is 14.3 Å². The largest absolute Gasteiger partial charge is 0.465 e. The predicted octanol–water partition coefficient (Wildman–Crippen LogP) is 1.61. The maximum absolute atomic E-state index is 11.4. The molecule has 1 aliphatic rings. The van der Waals surface area contributed by atoms with Crippen molar-refractivity contribution in [3.05, 3.63) is 0 Å². The van der Waals surface area contributed by atoms with Crippen molar-refractivity contribution in [2.24, 2.45) is 11.8 Å². The molecule has 1 rings (SSSR count). The molecule has 0 aromatic carbocycles. The molecule has 0 spiro atoms. The van der Waals surface area contributed by atoms with Gasteiger partial charge in [0.05, 0.1) is 12.5 Å². The molecule has 13 heavy (non-hydrogen) atoms. The third-order valence-corrected chi connectivity index (χ3v) is 2.11. The van der Waals surface area contributed by atoms with Crippen LogP contribution in [0.2, 0.25) is 0 Å². The lowest BCUT2D eigenvalue weighted by atomic mass is 10.0. The second kappa shape index (κ2) is 5.22. The molecule has 0 saturated carbocycles. The number of carbonyl (C=O) groups is 1. The van der Waals surface area contributed by atoms with E-state index >= 15 is 0 Å². The summed E-state index contributed by atoms with van der Waals surface area (Å²) < 4.78 is 10.3. The fourth-order valence-electron chi connectivity index (χ4n) is 1.30. The normalized spacial score (nSPS) is 19.0. The highest BCUT2D eigenvalue weighted by Gasteiger charge is 2.22. The van der Waals surface area contributed by atoms with E-state index in [0.717, 1.165) is 12.8 Å². The minimum absolute atomic E-state index is 0.0444. The predicted molar refractivity (Wildman–Crippen MR) is 49.3 cm³/mol. The molecule has 0 aromatic rings. The van der Waals surface area contributed by atoms with E-state index in [9.17, 15) is 4.79 Å². The number of hydrogen-bond acceptors (Lipinski definition) is 3. The highest BCUT2D eigenvalue weighted by Crippen LogP contribution is 2.16. The molecule has 1 aliphatic heterocycles. The Bertz CT molecular complexity index is 160. The summed E-state index contributed by atoms with van der Waals surface area (Å²) in [6, 6.07) is 0. The van der Waals surface area contributed by atoms with Crippen LogP contribution in [-0.4, -0.2) is 25.8 Å². The zero-order valence-electron chi connectivity index (χ0n) is 8.41. The lowest BCUT2D eigenvalue weighted by Gasteiger charge is -2.20. The molecule has 0 unspecified atom stereocenters. The summed E-state index contributed by atoms with van der Waals surface area (Å²) in [5.74, 6) is 0.452. The molecule has 1 saturated heterocycles. The summed E-state index contributed by atoms with van der Waals surface area (Å²) in [6.07, 6.45) is 1.63. The van der Waals surface area contributed by atoms with Gasteiger partial charge < -0.3 is 9.47 Å². The van der Waals surface area contributed by atoms with Crippen molar-refractivity contribution in [3.8, 4) is 0 Å². The van der Waals surface area contributed by atoms with Gasteiger partial charge in [-0.15, -0.1) is 0 Å². The van der Waals surface area contributed by atoms with Gasteiger partial charge in [0.1, 0.15) is 0 Å². The van der Waals surface area contributed by atoms with Gasteiger partial charge in [0, 0.05) is 13.2 Å². The summed E-state index contributed by atoms with van der Waals surface area (Å²) in [6.45, 7) is 6.01. The first-order chi connectivity index (χ1) is 6.20. The van der Waals surface area contributed by atoms with Gasteiger partial charge in [-0.2, -0.15) is 0 Å². The van der Waals surface area contributed by atoms with Crippen LogP contribution in [0.4, 0.5) is 0 Å².